The number of nitrogens with one attached hydrogen (secondary N) is 1. The van der Waals surface area contributed by atoms with Gasteiger partial charge < -0.3 is 15.2 Å². The third kappa shape index (κ3) is 8.04. The fourth-order valence-corrected chi connectivity index (χ4v) is 3.79. The molecule has 0 aliphatic heterocycles. The Hall–Kier alpha value is -2.09. The normalized spacial score (nSPS) is 12.1. The lowest BCUT2D eigenvalue weighted by Gasteiger charge is -2.12. The number of ketones is 1. The Kier molecular flexibility index (Phi) is 9.97. The highest BCUT2D eigenvalue weighted by molar-refractivity contribution is 7.10. The first-order valence-corrected chi connectivity index (χ1v) is 11.0. The predicted molar refractivity (Wildman–Crippen MR) is 115 cm³/mol. The van der Waals surface area contributed by atoms with Gasteiger partial charge in [-0.25, -0.2) is 4.79 Å². The van der Waals surface area contributed by atoms with E-state index in [1.54, 1.807) is 24.5 Å². The summed E-state index contributed by atoms with van der Waals surface area (Å²) in [7, 11) is 0. The Labute approximate surface area is 176 Å². The van der Waals surface area contributed by atoms with Gasteiger partial charge in [0.05, 0.1) is 12.2 Å². The van der Waals surface area contributed by atoms with E-state index >= 15 is 0 Å². The Morgan fingerprint density at radius 2 is 2.10 bits per heavy atom. The van der Waals surface area contributed by atoms with Gasteiger partial charge in [-0.1, -0.05) is 25.8 Å². The molecule has 0 fully saturated rings. The first-order valence-electron chi connectivity index (χ1n) is 10.1. The minimum absolute atomic E-state index is 0.263. The van der Waals surface area contributed by atoms with Crippen molar-refractivity contribution in [1.29, 1.82) is 0 Å². The van der Waals surface area contributed by atoms with Crippen molar-refractivity contribution >= 4 is 23.1 Å². The molecule has 2 aromatic heterocycles. The van der Waals surface area contributed by atoms with Crippen LogP contribution in [0, 0.1) is 0 Å². The zero-order chi connectivity index (χ0) is 21.1. The van der Waals surface area contributed by atoms with Crippen molar-refractivity contribution in [1.82, 2.24) is 10.3 Å². The molecule has 6 nitrogen and oxygen atoms in total. The summed E-state index contributed by atoms with van der Waals surface area (Å²) in [5.41, 5.74) is 2.69. The number of hydrogen-bond acceptors (Lipinski definition) is 6. The van der Waals surface area contributed by atoms with Gasteiger partial charge in [0.1, 0.15) is 5.78 Å². The van der Waals surface area contributed by atoms with Crippen LogP contribution in [-0.2, 0) is 27.3 Å². The molecule has 0 aliphatic carbocycles. The summed E-state index contributed by atoms with van der Waals surface area (Å²) in [5, 5.41) is 14.5. The van der Waals surface area contributed by atoms with Gasteiger partial charge in [-0.2, -0.15) is 0 Å². The Balaban J connectivity index is 1.85. The second-order valence-electron chi connectivity index (χ2n) is 6.94. The summed E-state index contributed by atoms with van der Waals surface area (Å²) in [5.74, 6) is -0.700. The van der Waals surface area contributed by atoms with Gasteiger partial charge >= 0.3 is 5.97 Å². The maximum atomic E-state index is 11.8. The van der Waals surface area contributed by atoms with Crippen LogP contribution in [0.5, 0.6) is 0 Å². The average Bonchev–Trinajstić information content (AvgIpc) is 3.17. The van der Waals surface area contributed by atoms with Gasteiger partial charge in [0.2, 0.25) is 0 Å². The average molecular weight is 419 g/mol. The summed E-state index contributed by atoms with van der Waals surface area (Å²) in [6.45, 7) is 5.35. The van der Waals surface area contributed by atoms with E-state index in [1.165, 1.54) is 0 Å². The molecule has 158 valence electrons. The molecule has 0 radical (unpaired) electrons. The molecule has 0 spiro atoms. The van der Waals surface area contributed by atoms with Crippen molar-refractivity contribution in [3.05, 3.63) is 40.2 Å². The quantitative estimate of drug-likeness (QED) is 0.450. The Morgan fingerprint density at radius 1 is 1.28 bits per heavy atom. The molecule has 1 atom stereocenters. The fraction of sp³-hybridized carbons (Fsp3) is 0.500. The highest BCUT2D eigenvalue weighted by Crippen LogP contribution is 2.24. The lowest BCUT2D eigenvalue weighted by atomic mass is 10.1. The van der Waals surface area contributed by atoms with Crippen LogP contribution in [0.15, 0.2) is 29.8 Å². The van der Waals surface area contributed by atoms with Crippen molar-refractivity contribution in [3.8, 4) is 11.3 Å². The molecule has 29 heavy (non-hydrogen) atoms. The van der Waals surface area contributed by atoms with Crippen LogP contribution in [0.4, 0.5) is 0 Å². The summed E-state index contributed by atoms with van der Waals surface area (Å²) in [6.07, 6.45) is 5.00. The maximum absolute atomic E-state index is 11.8. The number of carbonyl (C=O) groups excluding carboxylic acids is 1. The molecule has 0 amide bonds. The summed E-state index contributed by atoms with van der Waals surface area (Å²) in [4.78, 5) is 28.6. The molecule has 0 saturated carbocycles. The number of aliphatic carboxylic acids is 1. The van der Waals surface area contributed by atoms with E-state index < -0.39 is 12.1 Å². The number of pyridine rings is 1. The zero-order valence-electron chi connectivity index (χ0n) is 17.1. The second-order valence-corrected chi connectivity index (χ2v) is 7.93. The number of thiophene rings is 1. The van der Waals surface area contributed by atoms with E-state index in [-0.39, 0.29) is 5.78 Å². The smallest absolute Gasteiger partial charge is 0.333 e. The molecule has 1 unspecified atom stereocenters. The molecule has 7 heteroatoms. The lowest BCUT2D eigenvalue weighted by Crippen LogP contribution is -2.26. The first kappa shape index (κ1) is 23.2. The highest BCUT2D eigenvalue weighted by Gasteiger charge is 2.18. The SMILES string of the molecule is CCCCCC(=O)CNCc1cc(-c2ccc(CC(OCC)C(=O)O)cn2)cs1. The minimum atomic E-state index is -0.963. The maximum Gasteiger partial charge on any atom is 0.333 e. The third-order valence-electron chi connectivity index (χ3n) is 4.52. The number of ether oxygens (including phenoxy) is 1. The number of nitrogens with zero attached hydrogens (tertiary/aromatic N) is 1. The molecule has 0 aromatic carbocycles. The van der Waals surface area contributed by atoms with Crippen molar-refractivity contribution in [2.75, 3.05) is 13.2 Å². The van der Waals surface area contributed by atoms with E-state index in [0.717, 1.165) is 41.0 Å². The minimum Gasteiger partial charge on any atom is -0.479 e. The Bertz CT molecular complexity index is 773. The number of Topliss-reactive ketones (excluding diaryl/α,β-unsaturated/α-hetero) is 1. The molecule has 0 bridgehead atoms. The first-order chi connectivity index (χ1) is 14.0. The molecule has 0 aliphatic rings. The van der Waals surface area contributed by atoms with E-state index in [4.69, 9.17) is 4.74 Å². The predicted octanol–water partition coefficient (Wildman–Crippen LogP) is 4.08. The van der Waals surface area contributed by atoms with E-state index in [9.17, 15) is 14.7 Å². The van der Waals surface area contributed by atoms with Crippen LogP contribution in [0.2, 0.25) is 0 Å². The molecule has 2 heterocycles. The van der Waals surface area contributed by atoms with Gasteiger partial charge in [-0.05, 0) is 31.0 Å². The molecular formula is C22H30N2O4S. The van der Waals surface area contributed by atoms with Crippen molar-refractivity contribution in [2.45, 2.75) is 58.6 Å². The number of aromatic nitrogens is 1. The Morgan fingerprint density at radius 3 is 2.76 bits per heavy atom. The van der Waals surface area contributed by atoms with Gasteiger partial charge in [-0.15, -0.1) is 11.3 Å². The van der Waals surface area contributed by atoms with Crippen LogP contribution >= 0.6 is 11.3 Å². The van der Waals surface area contributed by atoms with Crippen LogP contribution < -0.4 is 5.32 Å². The van der Waals surface area contributed by atoms with Crippen molar-refractivity contribution in [2.24, 2.45) is 0 Å². The third-order valence-corrected chi connectivity index (χ3v) is 5.46. The number of unbranched alkanes of at least 4 members (excludes halogenated alkanes) is 2. The summed E-state index contributed by atoms with van der Waals surface area (Å²) < 4.78 is 5.25. The molecule has 0 saturated heterocycles. The van der Waals surface area contributed by atoms with Crippen molar-refractivity contribution in [3.63, 3.8) is 0 Å². The van der Waals surface area contributed by atoms with Crippen molar-refractivity contribution < 1.29 is 19.4 Å². The van der Waals surface area contributed by atoms with E-state index in [0.29, 0.717) is 32.5 Å². The van der Waals surface area contributed by atoms with Gasteiger partial charge in [0.25, 0.3) is 0 Å². The largest absolute Gasteiger partial charge is 0.479 e. The van der Waals surface area contributed by atoms with E-state index in [1.807, 2.05) is 17.5 Å². The second kappa shape index (κ2) is 12.5. The summed E-state index contributed by atoms with van der Waals surface area (Å²) >= 11 is 1.63. The van der Waals surface area contributed by atoms with Crippen LogP contribution in [0.1, 0.15) is 50.0 Å². The van der Waals surface area contributed by atoms with Crippen LogP contribution in [-0.4, -0.2) is 41.1 Å². The summed E-state index contributed by atoms with van der Waals surface area (Å²) in [6, 6.07) is 5.86. The lowest BCUT2D eigenvalue weighted by molar-refractivity contribution is -0.149. The molecule has 2 N–H and O–H groups in total. The van der Waals surface area contributed by atoms with Gasteiger partial charge in [0.15, 0.2) is 6.10 Å². The number of carboxylic acids is 1. The topological polar surface area (TPSA) is 88.5 Å². The van der Waals surface area contributed by atoms with Crippen LogP contribution in [0.3, 0.4) is 0 Å². The number of rotatable bonds is 14. The standard InChI is InChI=1S/C22H30N2O4S/c1-3-5-6-7-18(25)13-23-14-19-11-17(15-29-19)20-9-8-16(12-24-20)10-21(22(26)27)28-4-2/h8-9,11-12,15,21,23H,3-7,10,13-14H2,1-2H3,(H,26,27). The number of carbonyl (C=O) groups is 2. The molecular weight excluding hydrogens is 388 g/mol. The number of hydrogen-bond donors (Lipinski definition) is 2. The van der Waals surface area contributed by atoms with E-state index in [2.05, 4.69) is 23.3 Å². The monoisotopic (exact) mass is 418 g/mol. The fourth-order valence-electron chi connectivity index (χ4n) is 2.94. The number of carboxylic acid groups (broad SMARTS) is 1. The van der Waals surface area contributed by atoms with Gasteiger partial charge in [0, 0.05) is 48.0 Å². The zero-order valence-corrected chi connectivity index (χ0v) is 18.0. The molecule has 2 aromatic rings. The van der Waals surface area contributed by atoms with Gasteiger partial charge in [-0.3, -0.25) is 9.78 Å². The highest BCUT2D eigenvalue weighted by atomic mass is 32.1. The molecule has 2 rings (SSSR count). The van der Waals surface area contributed by atoms with Crippen LogP contribution in [0.25, 0.3) is 11.3 Å².